The molecule has 0 saturated carbocycles. The molecule has 0 heterocycles. The molecule has 0 amide bonds. The third-order valence-electron chi connectivity index (χ3n) is 2.47. The molecule has 0 spiro atoms. The number of rotatable bonds is 11. The highest BCUT2D eigenvalue weighted by atomic mass is 32.2. The first-order chi connectivity index (χ1) is 9.49. The highest BCUT2D eigenvalue weighted by Crippen LogP contribution is 1.90. The van der Waals surface area contributed by atoms with Crippen LogP contribution in [0, 0.1) is 0 Å². The molecule has 0 aromatic heterocycles. The van der Waals surface area contributed by atoms with Crippen molar-refractivity contribution >= 4 is 15.8 Å². The molecule has 0 radical (unpaired) electrons. The molecule has 0 bridgehead atoms. The summed E-state index contributed by atoms with van der Waals surface area (Å²) in [6.45, 7) is 7.43. The monoisotopic (exact) mass is 307 g/mol. The van der Waals surface area contributed by atoms with Crippen LogP contribution in [0.1, 0.15) is 33.1 Å². The van der Waals surface area contributed by atoms with Gasteiger partial charge in [-0.3, -0.25) is 4.99 Å². The Balaban J connectivity index is 3.83. The van der Waals surface area contributed by atoms with Crippen molar-refractivity contribution in [3.8, 4) is 0 Å². The first kappa shape index (κ1) is 19.2. The Morgan fingerprint density at radius 3 is 2.45 bits per heavy atom. The molecular weight excluding hydrogens is 278 g/mol. The van der Waals surface area contributed by atoms with E-state index in [0.717, 1.165) is 32.4 Å². The molecule has 0 aliphatic carbocycles. The zero-order valence-corrected chi connectivity index (χ0v) is 13.8. The van der Waals surface area contributed by atoms with Crippen LogP contribution in [0.3, 0.4) is 0 Å². The van der Waals surface area contributed by atoms with Gasteiger partial charge in [0.1, 0.15) is 9.84 Å². The van der Waals surface area contributed by atoms with Gasteiger partial charge in [0, 0.05) is 39.1 Å². The third kappa shape index (κ3) is 13.6. The Hall–Kier alpha value is -0.820. The minimum absolute atomic E-state index is 0.109. The Bertz CT molecular complexity index is 356. The van der Waals surface area contributed by atoms with Crippen molar-refractivity contribution in [2.24, 2.45) is 4.99 Å². The Morgan fingerprint density at radius 2 is 1.85 bits per heavy atom. The quantitative estimate of drug-likeness (QED) is 0.335. The highest BCUT2D eigenvalue weighted by molar-refractivity contribution is 7.90. The zero-order chi connectivity index (χ0) is 15.3. The molecule has 20 heavy (non-hydrogen) atoms. The maximum atomic E-state index is 11.0. The van der Waals surface area contributed by atoms with Crippen molar-refractivity contribution < 1.29 is 13.2 Å². The zero-order valence-electron chi connectivity index (χ0n) is 12.9. The van der Waals surface area contributed by atoms with Gasteiger partial charge in [0.2, 0.25) is 0 Å². The fourth-order valence-corrected chi connectivity index (χ4v) is 1.88. The number of hydrogen-bond acceptors (Lipinski definition) is 4. The van der Waals surface area contributed by atoms with Gasteiger partial charge in [-0.05, 0) is 19.8 Å². The first-order valence-corrected chi connectivity index (χ1v) is 9.33. The van der Waals surface area contributed by atoms with Crippen LogP contribution in [0.25, 0.3) is 0 Å². The predicted molar refractivity (Wildman–Crippen MR) is 84.0 cm³/mol. The van der Waals surface area contributed by atoms with Crippen molar-refractivity contribution in [3.05, 3.63) is 0 Å². The maximum Gasteiger partial charge on any atom is 0.191 e. The number of sulfone groups is 1. The van der Waals surface area contributed by atoms with E-state index in [0.29, 0.717) is 25.7 Å². The summed E-state index contributed by atoms with van der Waals surface area (Å²) in [5, 5.41) is 6.09. The lowest BCUT2D eigenvalue weighted by Crippen LogP contribution is -2.39. The van der Waals surface area contributed by atoms with Crippen molar-refractivity contribution in [1.29, 1.82) is 0 Å². The number of hydrogen-bond donors (Lipinski definition) is 2. The molecule has 0 unspecified atom stereocenters. The summed E-state index contributed by atoms with van der Waals surface area (Å²) in [6.07, 6.45) is 4.34. The molecule has 0 aliphatic rings. The standard InChI is InChI=1S/C13H29N3O3S/c1-4-6-10-19-11-7-8-15-13(14-5-2)16-9-12-20(3,17)18/h4-12H2,1-3H3,(H2,14,15,16). The second-order valence-electron chi connectivity index (χ2n) is 4.64. The van der Waals surface area contributed by atoms with E-state index in [1.165, 1.54) is 6.26 Å². The number of nitrogens with one attached hydrogen (secondary N) is 2. The van der Waals surface area contributed by atoms with E-state index in [1.54, 1.807) is 0 Å². The third-order valence-corrected chi connectivity index (χ3v) is 3.41. The molecule has 6 nitrogen and oxygen atoms in total. The summed E-state index contributed by atoms with van der Waals surface area (Å²) in [5.74, 6) is 0.766. The average Bonchev–Trinajstić information content (AvgIpc) is 2.36. The molecular formula is C13H29N3O3S. The van der Waals surface area contributed by atoms with Gasteiger partial charge in [-0.25, -0.2) is 8.42 Å². The Kier molecular flexibility index (Phi) is 11.5. The van der Waals surface area contributed by atoms with Crippen molar-refractivity contribution in [1.82, 2.24) is 10.6 Å². The van der Waals surface area contributed by atoms with Gasteiger partial charge in [0.05, 0.1) is 5.75 Å². The van der Waals surface area contributed by atoms with Gasteiger partial charge in [-0.15, -0.1) is 0 Å². The van der Waals surface area contributed by atoms with E-state index < -0.39 is 9.84 Å². The van der Waals surface area contributed by atoms with Crippen LogP contribution in [-0.2, 0) is 14.6 Å². The largest absolute Gasteiger partial charge is 0.381 e. The predicted octanol–water partition coefficient (Wildman–Crippen LogP) is 0.793. The van der Waals surface area contributed by atoms with E-state index in [2.05, 4.69) is 22.5 Å². The van der Waals surface area contributed by atoms with E-state index in [9.17, 15) is 8.42 Å². The van der Waals surface area contributed by atoms with E-state index in [4.69, 9.17) is 4.74 Å². The van der Waals surface area contributed by atoms with Crippen LogP contribution < -0.4 is 10.6 Å². The number of aliphatic imine (C=N–C) groups is 1. The summed E-state index contributed by atoms with van der Waals surface area (Å²) < 4.78 is 27.5. The molecule has 0 fully saturated rings. The summed E-state index contributed by atoms with van der Waals surface area (Å²) in [5.41, 5.74) is 0. The molecule has 120 valence electrons. The highest BCUT2D eigenvalue weighted by Gasteiger charge is 2.02. The summed E-state index contributed by atoms with van der Waals surface area (Å²) in [4.78, 5) is 4.37. The van der Waals surface area contributed by atoms with E-state index >= 15 is 0 Å². The smallest absolute Gasteiger partial charge is 0.191 e. The summed E-state index contributed by atoms with van der Waals surface area (Å²) in [7, 11) is -2.94. The van der Waals surface area contributed by atoms with E-state index in [-0.39, 0.29) is 5.75 Å². The fraction of sp³-hybridized carbons (Fsp3) is 0.923. The molecule has 0 atom stereocenters. The lowest BCUT2D eigenvalue weighted by atomic mass is 10.4. The topological polar surface area (TPSA) is 79.8 Å². The van der Waals surface area contributed by atoms with E-state index in [1.807, 2.05) is 6.92 Å². The molecule has 0 aromatic carbocycles. The number of guanidine groups is 1. The molecule has 0 aromatic rings. The molecule has 2 N–H and O–H groups in total. The van der Waals surface area contributed by atoms with Gasteiger partial charge >= 0.3 is 0 Å². The summed E-state index contributed by atoms with van der Waals surface area (Å²) in [6, 6.07) is 0. The van der Waals surface area contributed by atoms with Gasteiger partial charge < -0.3 is 15.4 Å². The maximum absolute atomic E-state index is 11.0. The van der Waals surface area contributed by atoms with Crippen LogP contribution >= 0.6 is 0 Å². The van der Waals surface area contributed by atoms with Crippen LogP contribution in [0.5, 0.6) is 0 Å². The average molecular weight is 307 g/mol. The lowest BCUT2D eigenvalue weighted by molar-refractivity contribution is 0.130. The molecule has 7 heteroatoms. The number of ether oxygens (including phenoxy) is 1. The van der Waals surface area contributed by atoms with Crippen LogP contribution in [-0.4, -0.2) is 59.2 Å². The van der Waals surface area contributed by atoms with Crippen molar-refractivity contribution in [2.45, 2.75) is 33.1 Å². The number of unbranched alkanes of at least 4 members (excludes halogenated alkanes) is 1. The fourth-order valence-electron chi connectivity index (χ4n) is 1.40. The van der Waals surface area contributed by atoms with Gasteiger partial charge in [-0.1, -0.05) is 13.3 Å². The minimum atomic E-state index is -2.94. The summed E-state index contributed by atoms with van der Waals surface area (Å²) >= 11 is 0. The van der Waals surface area contributed by atoms with Gasteiger partial charge in [-0.2, -0.15) is 0 Å². The Morgan fingerprint density at radius 1 is 1.15 bits per heavy atom. The molecule has 0 saturated heterocycles. The van der Waals surface area contributed by atoms with Gasteiger partial charge in [0.25, 0.3) is 0 Å². The van der Waals surface area contributed by atoms with Crippen LogP contribution in [0.4, 0.5) is 0 Å². The second kappa shape index (κ2) is 12.0. The molecule has 0 rings (SSSR count). The second-order valence-corrected chi connectivity index (χ2v) is 6.90. The number of nitrogens with zero attached hydrogens (tertiary/aromatic N) is 1. The SMILES string of the molecule is CCCCOCCCN=C(NCC)NCCS(C)(=O)=O. The van der Waals surface area contributed by atoms with Crippen LogP contribution in [0.2, 0.25) is 0 Å². The first-order valence-electron chi connectivity index (χ1n) is 7.27. The lowest BCUT2D eigenvalue weighted by Gasteiger charge is -2.10. The Labute approximate surface area is 123 Å². The van der Waals surface area contributed by atoms with Crippen molar-refractivity contribution in [3.63, 3.8) is 0 Å². The normalized spacial score (nSPS) is 12.4. The minimum Gasteiger partial charge on any atom is -0.381 e. The van der Waals surface area contributed by atoms with Gasteiger partial charge in [0.15, 0.2) is 5.96 Å². The van der Waals surface area contributed by atoms with Crippen molar-refractivity contribution in [2.75, 3.05) is 44.9 Å². The van der Waals surface area contributed by atoms with Crippen LogP contribution in [0.15, 0.2) is 4.99 Å². The molecule has 0 aliphatic heterocycles.